The van der Waals surface area contributed by atoms with Crippen molar-refractivity contribution in [2.75, 3.05) is 13.1 Å². The Bertz CT molecular complexity index is 1360. The van der Waals surface area contributed by atoms with Crippen molar-refractivity contribution < 1.29 is 9.53 Å². The van der Waals surface area contributed by atoms with Crippen molar-refractivity contribution in [1.29, 1.82) is 0 Å². The highest BCUT2D eigenvalue weighted by molar-refractivity contribution is 5.82. The van der Waals surface area contributed by atoms with Crippen LogP contribution in [0.2, 0.25) is 0 Å². The van der Waals surface area contributed by atoms with E-state index in [2.05, 4.69) is 26.6 Å². The van der Waals surface area contributed by atoms with Crippen LogP contribution in [0, 0.1) is 12.8 Å². The molecule has 1 unspecified atom stereocenters. The standard InChI is InChI=1S/C25H27N7O2/c1-3-31-22(20-13-28-32(16(20)2)18-7-5-4-6-8-18)29-21-23(31)26-15-27-24(21)34-19-11-12-30(14-19)25(33)17-9-10-17/h4-8,13,15,17,19H,3,9-12,14H2,1-2H3. The average molecular weight is 458 g/mol. The summed E-state index contributed by atoms with van der Waals surface area (Å²) in [5.41, 5.74) is 4.31. The molecule has 1 aliphatic heterocycles. The predicted octanol–water partition coefficient (Wildman–Crippen LogP) is 3.40. The first-order chi connectivity index (χ1) is 16.6. The number of benzene rings is 1. The number of rotatable bonds is 6. The molecule has 1 saturated carbocycles. The van der Waals surface area contributed by atoms with Crippen LogP contribution in [0.3, 0.4) is 0 Å². The Balaban J connectivity index is 1.33. The number of carbonyl (C=O) groups excluding carboxylic acids is 1. The van der Waals surface area contributed by atoms with E-state index in [0.29, 0.717) is 24.5 Å². The highest BCUT2D eigenvalue weighted by atomic mass is 16.5. The number of fused-ring (bicyclic) bond motifs is 1. The summed E-state index contributed by atoms with van der Waals surface area (Å²) in [5.74, 6) is 1.76. The van der Waals surface area contributed by atoms with Gasteiger partial charge in [0.2, 0.25) is 11.8 Å². The molecule has 9 nitrogen and oxygen atoms in total. The second-order valence-electron chi connectivity index (χ2n) is 9.01. The molecule has 9 heteroatoms. The van der Waals surface area contributed by atoms with E-state index in [9.17, 15) is 4.79 Å². The monoisotopic (exact) mass is 457 g/mol. The van der Waals surface area contributed by atoms with E-state index in [-0.39, 0.29) is 17.9 Å². The minimum Gasteiger partial charge on any atom is -0.471 e. The van der Waals surface area contributed by atoms with E-state index in [1.807, 2.05) is 53.0 Å². The van der Waals surface area contributed by atoms with Crippen LogP contribution in [0.25, 0.3) is 28.2 Å². The van der Waals surface area contributed by atoms with Crippen LogP contribution in [-0.4, -0.2) is 59.3 Å². The number of imidazole rings is 1. The summed E-state index contributed by atoms with van der Waals surface area (Å²) in [6.45, 7) is 6.15. The van der Waals surface area contributed by atoms with Gasteiger partial charge < -0.3 is 14.2 Å². The number of hydrogen-bond acceptors (Lipinski definition) is 6. The highest BCUT2D eigenvalue weighted by Crippen LogP contribution is 2.34. The summed E-state index contributed by atoms with van der Waals surface area (Å²) < 4.78 is 10.3. The van der Waals surface area contributed by atoms with Crippen molar-refractivity contribution in [3.05, 3.63) is 48.5 Å². The van der Waals surface area contributed by atoms with E-state index < -0.39 is 0 Å². The Morgan fingerprint density at radius 3 is 2.74 bits per heavy atom. The van der Waals surface area contributed by atoms with Gasteiger partial charge in [0.1, 0.15) is 18.3 Å². The van der Waals surface area contributed by atoms with E-state index in [1.54, 1.807) is 0 Å². The first kappa shape index (κ1) is 20.8. The van der Waals surface area contributed by atoms with Gasteiger partial charge in [-0.05, 0) is 38.8 Å². The van der Waals surface area contributed by atoms with Crippen molar-refractivity contribution in [3.63, 3.8) is 0 Å². The molecule has 4 aromatic rings. The number of aromatic nitrogens is 6. The van der Waals surface area contributed by atoms with Gasteiger partial charge in [-0.15, -0.1) is 0 Å². The Kier molecular flexibility index (Phi) is 5.04. The molecule has 34 heavy (non-hydrogen) atoms. The molecule has 1 aromatic carbocycles. The fourth-order valence-corrected chi connectivity index (χ4v) is 4.74. The molecule has 1 atom stereocenters. The van der Waals surface area contributed by atoms with Crippen LogP contribution in [0.5, 0.6) is 5.88 Å². The number of hydrogen-bond donors (Lipinski definition) is 0. The minimum atomic E-state index is -0.0846. The van der Waals surface area contributed by atoms with E-state index in [0.717, 1.165) is 54.2 Å². The maximum atomic E-state index is 12.4. The van der Waals surface area contributed by atoms with Gasteiger partial charge in [-0.3, -0.25) is 4.79 Å². The Labute approximate surface area is 197 Å². The van der Waals surface area contributed by atoms with Gasteiger partial charge >= 0.3 is 0 Å². The van der Waals surface area contributed by atoms with Crippen molar-refractivity contribution in [3.8, 4) is 23.0 Å². The third kappa shape index (κ3) is 3.52. The number of amides is 1. The van der Waals surface area contributed by atoms with Gasteiger partial charge in [-0.25, -0.2) is 14.6 Å². The molecule has 4 heterocycles. The van der Waals surface area contributed by atoms with Gasteiger partial charge in [0.15, 0.2) is 11.2 Å². The van der Waals surface area contributed by atoms with Gasteiger partial charge in [0.25, 0.3) is 0 Å². The minimum absolute atomic E-state index is 0.0846. The van der Waals surface area contributed by atoms with Crippen LogP contribution in [-0.2, 0) is 11.3 Å². The lowest BCUT2D eigenvalue weighted by Gasteiger charge is -2.16. The van der Waals surface area contributed by atoms with Crippen LogP contribution in [0.1, 0.15) is 31.9 Å². The number of carbonyl (C=O) groups is 1. The molecular formula is C25H27N7O2. The number of nitrogens with zero attached hydrogens (tertiary/aromatic N) is 7. The third-order valence-electron chi connectivity index (χ3n) is 6.73. The lowest BCUT2D eigenvalue weighted by Crippen LogP contribution is -2.32. The summed E-state index contributed by atoms with van der Waals surface area (Å²) in [4.78, 5) is 28.2. The topological polar surface area (TPSA) is 91.0 Å². The number of likely N-dealkylation sites (tertiary alicyclic amines) is 1. The zero-order chi connectivity index (χ0) is 23.2. The third-order valence-corrected chi connectivity index (χ3v) is 6.73. The molecule has 3 aromatic heterocycles. The fourth-order valence-electron chi connectivity index (χ4n) is 4.74. The average Bonchev–Trinajstić information content (AvgIpc) is 3.31. The Morgan fingerprint density at radius 1 is 1.15 bits per heavy atom. The van der Waals surface area contributed by atoms with Crippen LogP contribution < -0.4 is 4.74 Å². The summed E-state index contributed by atoms with van der Waals surface area (Å²) in [6, 6.07) is 10.1. The summed E-state index contributed by atoms with van der Waals surface area (Å²) >= 11 is 0. The first-order valence-corrected chi connectivity index (χ1v) is 11.9. The van der Waals surface area contributed by atoms with Gasteiger partial charge in [0, 0.05) is 25.4 Å². The van der Waals surface area contributed by atoms with Gasteiger partial charge in [-0.2, -0.15) is 10.1 Å². The van der Waals surface area contributed by atoms with E-state index in [1.165, 1.54) is 6.33 Å². The smallest absolute Gasteiger partial charge is 0.245 e. The largest absolute Gasteiger partial charge is 0.471 e. The van der Waals surface area contributed by atoms with E-state index >= 15 is 0 Å². The quantitative estimate of drug-likeness (QED) is 0.441. The Hall–Kier alpha value is -3.75. The first-order valence-electron chi connectivity index (χ1n) is 11.9. The second-order valence-corrected chi connectivity index (χ2v) is 9.01. The molecular weight excluding hydrogens is 430 g/mol. The molecule has 0 bridgehead atoms. The lowest BCUT2D eigenvalue weighted by molar-refractivity contribution is -0.131. The Morgan fingerprint density at radius 2 is 1.97 bits per heavy atom. The lowest BCUT2D eigenvalue weighted by atomic mass is 10.2. The summed E-state index contributed by atoms with van der Waals surface area (Å²) in [6.07, 6.45) is 6.13. The van der Waals surface area contributed by atoms with Crippen LogP contribution >= 0.6 is 0 Å². The normalized spacial score (nSPS) is 18.1. The predicted molar refractivity (Wildman–Crippen MR) is 127 cm³/mol. The van der Waals surface area contributed by atoms with E-state index in [4.69, 9.17) is 9.72 Å². The number of aryl methyl sites for hydroxylation is 1. The maximum Gasteiger partial charge on any atom is 0.245 e. The summed E-state index contributed by atoms with van der Waals surface area (Å²) in [5, 5.41) is 4.62. The molecule has 0 spiro atoms. The van der Waals surface area contributed by atoms with Crippen molar-refractivity contribution in [1.82, 2.24) is 34.2 Å². The summed E-state index contributed by atoms with van der Waals surface area (Å²) in [7, 11) is 0. The second kappa shape index (κ2) is 8.23. The van der Waals surface area contributed by atoms with Crippen LogP contribution in [0.15, 0.2) is 42.9 Å². The molecule has 174 valence electrons. The van der Waals surface area contributed by atoms with Crippen molar-refractivity contribution >= 4 is 17.1 Å². The molecule has 2 fully saturated rings. The highest BCUT2D eigenvalue weighted by Gasteiger charge is 2.37. The zero-order valence-corrected chi connectivity index (χ0v) is 19.4. The molecule has 0 N–H and O–H groups in total. The van der Waals surface area contributed by atoms with Crippen molar-refractivity contribution in [2.24, 2.45) is 5.92 Å². The number of ether oxygens (including phenoxy) is 1. The fraction of sp³-hybridized carbons (Fsp3) is 0.400. The maximum absolute atomic E-state index is 12.4. The molecule has 0 radical (unpaired) electrons. The number of para-hydroxylation sites is 1. The SMILES string of the molecule is CCn1c(-c2cnn(-c3ccccc3)c2C)nc2c(OC3CCN(C(=O)C4CC4)C3)ncnc21. The van der Waals surface area contributed by atoms with Gasteiger partial charge in [0.05, 0.1) is 29.7 Å². The van der Waals surface area contributed by atoms with Gasteiger partial charge in [-0.1, -0.05) is 18.2 Å². The molecule has 6 rings (SSSR count). The molecule has 1 aliphatic carbocycles. The molecule has 1 amide bonds. The van der Waals surface area contributed by atoms with Crippen LogP contribution in [0.4, 0.5) is 0 Å². The molecule has 1 saturated heterocycles. The van der Waals surface area contributed by atoms with Crippen molar-refractivity contribution in [2.45, 2.75) is 45.8 Å². The zero-order valence-electron chi connectivity index (χ0n) is 19.4. The molecule has 2 aliphatic rings.